The predicted molar refractivity (Wildman–Crippen MR) is 73.5 cm³/mol. The zero-order valence-corrected chi connectivity index (χ0v) is 11.1. The van der Waals surface area contributed by atoms with Crippen molar-refractivity contribution in [1.29, 1.82) is 0 Å². The van der Waals surface area contributed by atoms with Crippen molar-refractivity contribution in [2.45, 2.75) is 16.7 Å². The molecule has 0 fully saturated rings. The first-order valence-electron chi connectivity index (χ1n) is 5.88. The van der Waals surface area contributed by atoms with Crippen LogP contribution in [0, 0.1) is 6.92 Å². The number of aryl methyl sites for hydroxylation is 1. The summed E-state index contributed by atoms with van der Waals surface area (Å²) in [5.74, 6) is -0.624. The molecule has 1 aliphatic heterocycles. The second-order valence-electron chi connectivity index (χ2n) is 4.38. The Morgan fingerprint density at radius 1 is 0.947 bits per heavy atom. The molecule has 19 heavy (non-hydrogen) atoms. The first kappa shape index (κ1) is 12.0. The van der Waals surface area contributed by atoms with Crippen molar-refractivity contribution in [2.24, 2.45) is 0 Å². The van der Waals surface area contributed by atoms with E-state index in [-0.39, 0.29) is 11.8 Å². The summed E-state index contributed by atoms with van der Waals surface area (Å²) in [6.45, 7) is 2.03. The van der Waals surface area contributed by atoms with E-state index in [1.807, 2.05) is 37.3 Å². The molecular formula is C15H11NO2S. The highest BCUT2D eigenvalue weighted by atomic mass is 32.2. The van der Waals surface area contributed by atoms with Crippen LogP contribution >= 0.6 is 11.8 Å². The van der Waals surface area contributed by atoms with E-state index < -0.39 is 0 Å². The van der Waals surface area contributed by atoms with Gasteiger partial charge < -0.3 is 0 Å². The third-order valence-corrected chi connectivity index (χ3v) is 4.04. The molecule has 2 aromatic carbocycles. The van der Waals surface area contributed by atoms with Crippen molar-refractivity contribution in [3.63, 3.8) is 0 Å². The number of carbonyl (C=O) groups excluding carboxylic acids is 2. The van der Waals surface area contributed by atoms with Crippen LogP contribution in [0.2, 0.25) is 0 Å². The summed E-state index contributed by atoms with van der Waals surface area (Å²) in [4.78, 5) is 25.2. The van der Waals surface area contributed by atoms with Gasteiger partial charge in [-0.3, -0.25) is 14.9 Å². The van der Waals surface area contributed by atoms with Crippen LogP contribution in [0.1, 0.15) is 26.3 Å². The molecule has 1 heterocycles. The van der Waals surface area contributed by atoms with Gasteiger partial charge in [-0.25, -0.2) is 0 Å². The maximum atomic E-state index is 11.8. The monoisotopic (exact) mass is 269 g/mol. The highest BCUT2D eigenvalue weighted by molar-refractivity contribution is 7.99. The quantitative estimate of drug-likeness (QED) is 0.852. The molecule has 0 atom stereocenters. The topological polar surface area (TPSA) is 46.2 Å². The number of imide groups is 1. The average Bonchev–Trinajstić information content (AvgIpc) is 2.69. The van der Waals surface area contributed by atoms with Gasteiger partial charge in [-0.1, -0.05) is 35.5 Å². The second-order valence-corrected chi connectivity index (χ2v) is 5.49. The van der Waals surface area contributed by atoms with Crippen LogP contribution in [0.15, 0.2) is 52.3 Å². The van der Waals surface area contributed by atoms with Crippen molar-refractivity contribution < 1.29 is 9.59 Å². The van der Waals surface area contributed by atoms with Crippen molar-refractivity contribution in [1.82, 2.24) is 5.32 Å². The molecule has 3 nitrogen and oxygen atoms in total. The van der Waals surface area contributed by atoms with E-state index in [9.17, 15) is 9.59 Å². The van der Waals surface area contributed by atoms with Crippen molar-refractivity contribution in [2.75, 3.05) is 0 Å². The Balaban J connectivity index is 2.01. The van der Waals surface area contributed by atoms with Crippen molar-refractivity contribution in [3.05, 3.63) is 59.2 Å². The minimum absolute atomic E-state index is 0.310. The molecule has 0 radical (unpaired) electrons. The molecule has 2 amide bonds. The van der Waals surface area contributed by atoms with Gasteiger partial charge in [0.1, 0.15) is 0 Å². The summed E-state index contributed by atoms with van der Waals surface area (Å²) in [6.07, 6.45) is 0. The zero-order valence-electron chi connectivity index (χ0n) is 10.3. The lowest BCUT2D eigenvalue weighted by Gasteiger charge is -2.05. The van der Waals surface area contributed by atoms with E-state index in [4.69, 9.17) is 0 Å². The van der Waals surface area contributed by atoms with E-state index in [1.165, 1.54) is 17.3 Å². The molecule has 0 unspecified atom stereocenters. The SMILES string of the molecule is Cc1ccc(Sc2cccc3c2C(=O)NC3=O)cc1. The largest absolute Gasteiger partial charge is 0.288 e. The van der Waals surface area contributed by atoms with Crippen LogP contribution in [0.3, 0.4) is 0 Å². The normalized spacial score (nSPS) is 13.3. The lowest BCUT2D eigenvalue weighted by atomic mass is 10.1. The van der Waals surface area contributed by atoms with E-state index in [0.717, 1.165) is 9.79 Å². The Kier molecular flexibility index (Phi) is 2.87. The molecule has 0 saturated carbocycles. The van der Waals surface area contributed by atoms with E-state index in [0.29, 0.717) is 11.1 Å². The van der Waals surface area contributed by atoms with Gasteiger partial charge in [-0.2, -0.15) is 0 Å². The molecule has 3 rings (SSSR count). The van der Waals surface area contributed by atoms with Crippen LogP contribution in [0.5, 0.6) is 0 Å². The fraction of sp³-hybridized carbons (Fsp3) is 0.0667. The van der Waals surface area contributed by atoms with Crippen LogP contribution in [0.25, 0.3) is 0 Å². The van der Waals surface area contributed by atoms with Crippen LogP contribution in [-0.2, 0) is 0 Å². The Morgan fingerprint density at radius 2 is 1.68 bits per heavy atom. The first-order chi connectivity index (χ1) is 9.15. The number of amides is 2. The minimum atomic E-state index is -0.314. The average molecular weight is 269 g/mol. The molecule has 0 spiro atoms. The van der Waals surface area contributed by atoms with Gasteiger partial charge in [0.25, 0.3) is 11.8 Å². The van der Waals surface area contributed by atoms with E-state index in [2.05, 4.69) is 5.32 Å². The number of hydrogen-bond acceptors (Lipinski definition) is 3. The van der Waals surface area contributed by atoms with Gasteiger partial charge in [0.05, 0.1) is 11.1 Å². The smallest absolute Gasteiger partial charge is 0.260 e. The molecule has 94 valence electrons. The number of nitrogens with one attached hydrogen (secondary N) is 1. The summed E-state index contributed by atoms with van der Waals surface area (Å²) in [6, 6.07) is 13.4. The maximum Gasteiger partial charge on any atom is 0.260 e. The van der Waals surface area contributed by atoms with Gasteiger partial charge in [0.2, 0.25) is 0 Å². The highest BCUT2D eigenvalue weighted by Crippen LogP contribution is 2.33. The predicted octanol–water partition coefficient (Wildman–Crippen LogP) is 3.03. The van der Waals surface area contributed by atoms with Crippen LogP contribution < -0.4 is 5.32 Å². The number of carbonyl (C=O) groups is 2. The Bertz CT molecular complexity index is 677. The Morgan fingerprint density at radius 3 is 2.42 bits per heavy atom. The maximum absolute atomic E-state index is 11.8. The molecule has 1 aliphatic rings. The van der Waals surface area contributed by atoms with Crippen LogP contribution in [0.4, 0.5) is 0 Å². The van der Waals surface area contributed by atoms with Crippen molar-refractivity contribution >= 4 is 23.6 Å². The van der Waals surface area contributed by atoms with Gasteiger partial charge in [0.15, 0.2) is 0 Å². The molecule has 2 aromatic rings. The first-order valence-corrected chi connectivity index (χ1v) is 6.70. The van der Waals surface area contributed by atoms with Gasteiger partial charge >= 0.3 is 0 Å². The lowest BCUT2D eigenvalue weighted by Crippen LogP contribution is -2.20. The minimum Gasteiger partial charge on any atom is -0.288 e. The lowest BCUT2D eigenvalue weighted by molar-refractivity contribution is 0.0879. The van der Waals surface area contributed by atoms with Gasteiger partial charge in [-0.05, 0) is 31.2 Å². The number of rotatable bonds is 2. The zero-order chi connectivity index (χ0) is 13.4. The summed E-state index contributed by atoms with van der Waals surface area (Å²) >= 11 is 1.49. The Hall–Kier alpha value is -2.07. The summed E-state index contributed by atoms with van der Waals surface area (Å²) < 4.78 is 0. The van der Waals surface area contributed by atoms with Gasteiger partial charge in [0, 0.05) is 9.79 Å². The third-order valence-electron chi connectivity index (χ3n) is 2.97. The molecule has 1 N–H and O–H groups in total. The summed E-state index contributed by atoms with van der Waals surface area (Å²) in [5, 5.41) is 2.33. The van der Waals surface area contributed by atoms with E-state index in [1.54, 1.807) is 12.1 Å². The van der Waals surface area contributed by atoms with Crippen LogP contribution in [-0.4, -0.2) is 11.8 Å². The Labute approximate surface area is 115 Å². The fourth-order valence-electron chi connectivity index (χ4n) is 2.01. The van der Waals surface area contributed by atoms with Crippen molar-refractivity contribution in [3.8, 4) is 0 Å². The second kappa shape index (κ2) is 4.55. The fourth-order valence-corrected chi connectivity index (χ4v) is 2.98. The third kappa shape index (κ3) is 2.15. The number of hydrogen-bond donors (Lipinski definition) is 1. The summed E-state index contributed by atoms with van der Waals surface area (Å²) in [7, 11) is 0. The highest BCUT2D eigenvalue weighted by Gasteiger charge is 2.29. The molecule has 0 bridgehead atoms. The number of fused-ring (bicyclic) bond motifs is 1. The molecule has 0 aromatic heterocycles. The molecule has 4 heteroatoms. The molecular weight excluding hydrogens is 258 g/mol. The molecule has 0 aliphatic carbocycles. The standard InChI is InChI=1S/C15H11NO2S/c1-9-5-7-10(8-6-9)19-12-4-2-3-11-13(12)15(18)16-14(11)17/h2-8H,1H3,(H,16,17,18). The number of benzene rings is 2. The molecule has 0 saturated heterocycles. The summed E-state index contributed by atoms with van der Waals surface area (Å²) in [5.41, 5.74) is 2.13. The van der Waals surface area contributed by atoms with Gasteiger partial charge in [-0.15, -0.1) is 0 Å². The van der Waals surface area contributed by atoms with E-state index >= 15 is 0 Å².